The van der Waals surface area contributed by atoms with Gasteiger partial charge in [-0.15, -0.1) is 0 Å². The van der Waals surface area contributed by atoms with Gasteiger partial charge in [0.25, 0.3) is 0 Å². The lowest BCUT2D eigenvalue weighted by Gasteiger charge is -2.07. The summed E-state index contributed by atoms with van der Waals surface area (Å²) in [6.07, 6.45) is 3.65. The Balaban J connectivity index is 2.48. The molecule has 0 aliphatic rings. The van der Waals surface area contributed by atoms with Gasteiger partial charge in [-0.05, 0) is 41.4 Å². The first kappa shape index (κ1) is 13.4. The molecular weight excluding hydrogens is 314 g/mol. The van der Waals surface area contributed by atoms with Crippen LogP contribution in [0.2, 0.25) is 5.15 Å². The molecule has 2 aromatic rings. The lowest BCUT2D eigenvalue weighted by atomic mass is 10.2. The molecule has 0 aromatic carbocycles. The third kappa shape index (κ3) is 2.87. The van der Waals surface area contributed by atoms with Gasteiger partial charge in [0.05, 0.1) is 10.2 Å². The van der Waals surface area contributed by atoms with Gasteiger partial charge in [0.1, 0.15) is 5.15 Å². The van der Waals surface area contributed by atoms with E-state index in [1.54, 1.807) is 6.20 Å². The van der Waals surface area contributed by atoms with Gasteiger partial charge < -0.3 is 0 Å². The zero-order chi connectivity index (χ0) is 13.1. The van der Waals surface area contributed by atoms with Crippen LogP contribution >= 0.6 is 27.5 Å². The van der Waals surface area contributed by atoms with Crippen LogP contribution in [-0.4, -0.2) is 15.0 Å². The molecule has 0 spiro atoms. The highest BCUT2D eigenvalue weighted by atomic mass is 79.9. The molecule has 18 heavy (non-hydrogen) atoms. The molecule has 0 aliphatic heterocycles. The molecule has 0 radical (unpaired) electrons. The van der Waals surface area contributed by atoms with E-state index < -0.39 is 0 Å². The van der Waals surface area contributed by atoms with Crippen LogP contribution in [-0.2, 0) is 6.42 Å². The molecule has 0 saturated carbocycles. The Bertz CT molecular complexity index is 555. The van der Waals surface area contributed by atoms with Crippen LogP contribution in [0, 0.1) is 6.92 Å². The molecule has 0 N–H and O–H groups in total. The van der Waals surface area contributed by atoms with Crippen LogP contribution in [0.1, 0.15) is 24.7 Å². The summed E-state index contributed by atoms with van der Waals surface area (Å²) in [5.41, 5.74) is 2.79. The summed E-state index contributed by atoms with van der Waals surface area (Å²) < 4.78 is 0.787. The molecular formula is C13H13BrClN3. The highest BCUT2D eigenvalue weighted by Gasteiger charge is 2.11. The zero-order valence-corrected chi connectivity index (χ0v) is 12.6. The molecule has 0 bridgehead atoms. The molecule has 0 aliphatic carbocycles. The van der Waals surface area contributed by atoms with Crippen molar-refractivity contribution in [1.82, 2.24) is 15.0 Å². The van der Waals surface area contributed by atoms with Crippen LogP contribution in [0.25, 0.3) is 11.4 Å². The summed E-state index contributed by atoms with van der Waals surface area (Å²) in [7, 11) is 0. The Morgan fingerprint density at radius 1 is 1.28 bits per heavy atom. The second-order valence-electron chi connectivity index (χ2n) is 4.04. The van der Waals surface area contributed by atoms with Crippen molar-refractivity contribution in [2.45, 2.75) is 26.7 Å². The first-order chi connectivity index (χ1) is 8.61. The Kier molecular flexibility index (Phi) is 4.30. The van der Waals surface area contributed by atoms with Crippen molar-refractivity contribution in [1.29, 1.82) is 0 Å². The van der Waals surface area contributed by atoms with Crippen molar-refractivity contribution < 1.29 is 0 Å². The SMILES string of the molecule is CCCc1nc(-c2ccc(C)nc2)nc(Cl)c1Br. The summed E-state index contributed by atoms with van der Waals surface area (Å²) in [6, 6.07) is 3.89. The van der Waals surface area contributed by atoms with E-state index in [0.717, 1.165) is 34.3 Å². The quantitative estimate of drug-likeness (QED) is 0.793. The van der Waals surface area contributed by atoms with Gasteiger partial charge in [-0.2, -0.15) is 0 Å². The van der Waals surface area contributed by atoms with Gasteiger partial charge in [0.15, 0.2) is 5.82 Å². The van der Waals surface area contributed by atoms with E-state index in [4.69, 9.17) is 11.6 Å². The van der Waals surface area contributed by atoms with E-state index in [9.17, 15) is 0 Å². The summed E-state index contributed by atoms with van der Waals surface area (Å²) in [5.74, 6) is 0.624. The number of aromatic nitrogens is 3. The van der Waals surface area contributed by atoms with E-state index in [1.165, 1.54) is 0 Å². The number of nitrogens with zero attached hydrogens (tertiary/aromatic N) is 3. The maximum atomic E-state index is 6.12. The maximum Gasteiger partial charge on any atom is 0.162 e. The van der Waals surface area contributed by atoms with Gasteiger partial charge in [-0.25, -0.2) is 9.97 Å². The summed E-state index contributed by atoms with van der Waals surface area (Å²) >= 11 is 9.54. The molecule has 0 atom stereocenters. The number of hydrogen-bond acceptors (Lipinski definition) is 3. The number of rotatable bonds is 3. The first-order valence-corrected chi connectivity index (χ1v) is 6.94. The number of aryl methyl sites for hydroxylation is 2. The molecule has 0 fully saturated rings. The van der Waals surface area contributed by atoms with Crippen LogP contribution in [0.3, 0.4) is 0 Å². The predicted molar refractivity (Wildman–Crippen MR) is 76.7 cm³/mol. The van der Waals surface area contributed by atoms with Crippen molar-refractivity contribution in [3.8, 4) is 11.4 Å². The topological polar surface area (TPSA) is 38.7 Å². The molecule has 2 rings (SSSR count). The highest BCUT2D eigenvalue weighted by molar-refractivity contribution is 9.10. The van der Waals surface area contributed by atoms with E-state index >= 15 is 0 Å². The van der Waals surface area contributed by atoms with Crippen LogP contribution < -0.4 is 0 Å². The first-order valence-electron chi connectivity index (χ1n) is 5.76. The molecule has 2 heterocycles. The lowest BCUT2D eigenvalue weighted by Crippen LogP contribution is -1.99. The van der Waals surface area contributed by atoms with Crippen molar-refractivity contribution in [2.24, 2.45) is 0 Å². The van der Waals surface area contributed by atoms with Crippen molar-refractivity contribution >= 4 is 27.5 Å². The standard InChI is InChI=1S/C13H13BrClN3/c1-3-4-10-11(14)12(15)18-13(17-10)9-6-5-8(2)16-7-9/h5-7H,3-4H2,1-2H3. The van der Waals surface area contributed by atoms with Gasteiger partial charge in [0, 0.05) is 17.5 Å². The smallest absolute Gasteiger partial charge is 0.162 e. The summed E-state index contributed by atoms with van der Waals surface area (Å²) in [5, 5.41) is 0.448. The van der Waals surface area contributed by atoms with E-state index in [-0.39, 0.29) is 0 Å². The third-order valence-corrected chi connectivity index (χ3v) is 3.87. The second-order valence-corrected chi connectivity index (χ2v) is 5.19. The number of hydrogen-bond donors (Lipinski definition) is 0. The molecule has 3 nitrogen and oxygen atoms in total. The molecule has 0 amide bonds. The van der Waals surface area contributed by atoms with Crippen LogP contribution in [0.4, 0.5) is 0 Å². The van der Waals surface area contributed by atoms with Crippen molar-refractivity contribution in [2.75, 3.05) is 0 Å². The number of halogens is 2. The van der Waals surface area contributed by atoms with Gasteiger partial charge in [0.2, 0.25) is 0 Å². The van der Waals surface area contributed by atoms with Crippen LogP contribution in [0.5, 0.6) is 0 Å². The fourth-order valence-corrected chi connectivity index (χ4v) is 2.16. The Morgan fingerprint density at radius 3 is 2.67 bits per heavy atom. The van der Waals surface area contributed by atoms with Gasteiger partial charge in [-0.3, -0.25) is 4.98 Å². The van der Waals surface area contributed by atoms with Gasteiger partial charge >= 0.3 is 0 Å². The minimum absolute atomic E-state index is 0.448. The highest BCUT2D eigenvalue weighted by Crippen LogP contribution is 2.27. The Morgan fingerprint density at radius 2 is 2.06 bits per heavy atom. The summed E-state index contributed by atoms with van der Waals surface area (Å²) in [4.78, 5) is 13.1. The molecule has 5 heteroatoms. The average Bonchev–Trinajstić information content (AvgIpc) is 2.36. The van der Waals surface area contributed by atoms with Crippen molar-refractivity contribution in [3.05, 3.63) is 39.3 Å². The fraction of sp³-hybridized carbons (Fsp3) is 0.308. The normalized spacial score (nSPS) is 10.7. The zero-order valence-electron chi connectivity index (χ0n) is 10.2. The molecule has 94 valence electrons. The molecule has 2 aromatic heterocycles. The average molecular weight is 327 g/mol. The fourth-order valence-electron chi connectivity index (χ4n) is 1.59. The van der Waals surface area contributed by atoms with Crippen molar-refractivity contribution in [3.63, 3.8) is 0 Å². The lowest BCUT2D eigenvalue weighted by molar-refractivity contribution is 0.867. The minimum Gasteiger partial charge on any atom is -0.261 e. The van der Waals surface area contributed by atoms with E-state index in [0.29, 0.717) is 11.0 Å². The largest absolute Gasteiger partial charge is 0.261 e. The van der Waals surface area contributed by atoms with Gasteiger partial charge in [-0.1, -0.05) is 24.9 Å². The third-order valence-electron chi connectivity index (χ3n) is 2.54. The van der Waals surface area contributed by atoms with E-state index in [1.807, 2.05) is 19.1 Å². The monoisotopic (exact) mass is 325 g/mol. The summed E-state index contributed by atoms with van der Waals surface area (Å²) in [6.45, 7) is 4.05. The Hall–Kier alpha value is -1.00. The molecule has 0 saturated heterocycles. The minimum atomic E-state index is 0.448. The van der Waals surface area contributed by atoms with E-state index in [2.05, 4.69) is 37.8 Å². The Labute approximate surface area is 120 Å². The van der Waals surface area contributed by atoms with Crippen LogP contribution in [0.15, 0.2) is 22.8 Å². The predicted octanol–water partition coefficient (Wildman–Crippen LogP) is 4.22. The molecule has 0 unspecified atom stereocenters. The maximum absolute atomic E-state index is 6.12. The second kappa shape index (κ2) is 5.76. The number of pyridine rings is 1.